The Balaban J connectivity index is 0.802. The van der Waals surface area contributed by atoms with Gasteiger partial charge >= 0.3 is 6.18 Å². The maximum absolute atomic E-state index is 13.7. The number of halogens is 3. The number of nitrogens with zero attached hydrogens (tertiary/aromatic N) is 4. The van der Waals surface area contributed by atoms with Crippen LogP contribution in [0.2, 0.25) is 0 Å². The lowest BCUT2D eigenvalue weighted by Gasteiger charge is -2.36. The zero-order valence-corrected chi connectivity index (χ0v) is 32.8. The average Bonchev–Trinajstić information content (AvgIpc) is 3.54. The van der Waals surface area contributed by atoms with Crippen molar-refractivity contribution in [3.8, 4) is 11.5 Å². The van der Waals surface area contributed by atoms with E-state index >= 15 is 0 Å². The molecule has 10 nitrogen and oxygen atoms in total. The number of piperidine rings is 2. The van der Waals surface area contributed by atoms with Crippen molar-refractivity contribution >= 4 is 34.7 Å². The number of fused-ring (bicyclic) bond motifs is 1. The van der Waals surface area contributed by atoms with Crippen LogP contribution in [0.25, 0.3) is 5.57 Å². The maximum Gasteiger partial charge on any atom is 0.417 e. The lowest BCUT2D eigenvalue weighted by Crippen LogP contribution is -2.52. The number of unbranched alkanes of at least 4 members (excludes halogenated alkanes) is 2. The molecule has 1 unspecified atom stereocenters. The number of allylic oxidation sites excluding steroid dienone is 1. The van der Waals surface area contributed by atoms with Crippen molar-refractivity contribution < 1.29 is 37.0 Å². The normalized spacial score (nSPS) is 19.5. The van der Waals surface area contributed by atoms with Gasteiger partial charge in [0.15, 0.2) is 0 Å². The van der Waals surface area contributed by atoms with E-state index in [2.05, 4.69) is 33.8 Å². The molecular formula is C44H52F3N5O5. The smallest absolute Gasteiger partial charge is 0.417 e. The molecule has 0 radical (unpaired) electrons. The molecular weight excluding hydrogens is 736 g/mol. The van der Waals surface area contributed by atoms with Crippen LogP contribution < -0.4 is 24.6 Å². The number of benzene rings is 3. The van der Waals surface area contributed by atoms with Crippen LogP contribution in [0.3, 0.4) is 0 Å². The van der Waals surface area contributed by atoms with Crippen molar-refractivity contribution in [1.29, 1.82) is 0 Å². The van der Waals surface area contributed by atoms with Crippen molar-refractivity contribution in [2.45, 2.75) is 76.6 Å². The second kappa shape index (κ2) is 17.2. The Labute approximate surface area is 332 Å². The number of rotatable bonds is 13. The van der Waals surface area contributed by atoms with Gasteiger partial charge in [-0.25, -0.2) is 0 Å². The Kier molecular flexibility index (Phi) is 12.1. The first kappa shape index (κ1) is 40.2. The molecule has 1 atom stereocenters. The van der Waals surface area contributed by atoms with Gasteiger partial charge in [0.1, 0.15) is 17.5 Å². The van der Waals surface area contributed by atoms with Gasteiger partial charge in [-0.2, -0.15) is 13.2 Å². The number of anilines is 2. The first-order valence-electron chi connectivity index (χ1n) is 20.1. The van der Waals surface area contributed by atoms with Crippen LogP contribution in [0.1, 0.15) is 90.4 Å². The van der Waals surface area contributed by atoms with Crippen LogP contribution in [-0.4, -0.2) is 93.1 Å². The van der Waals surface area contributed by atoms with E-state index in [0.29, 0.717) is 61.2 Å². The topological polar surface area (TPSA) is 94.7 Å². The van der Waals surface area contributed by atoms with Gasteiger partial charge in [-0.05, 0) is 105 Å². The number of ether oxygens (including phenoxy) is 2. The molecule has 4 aliphatic rings. The van der Waals surface area contributed by atoms with E-state index in [1.807, 2.05) is 29.2 Å². The highest BCUT2D eigenvalue weighted by atomic mass is 19.4. The predicted molar refractivity (Wildman–Crippen MR) is 214 cm³/mol. The van der Waals surface area contributed by atoms with Gasteiger partial charge in [0.2, 0.25) is 11.8 Å². The van der Waals surface area contributed by atoms with Gasteiger partial charge in [0, 0.05) is 69.7 Å². The number of amides is 3. The monoisotopic (exact) mass is 787 g/mol. The van der Waals surface area contributed by atoms with E-state index in [9.17, 15) is 27.6 Å². The van der Waals surface area contributed by atoms with Crippen LogP contribution >= 0.6 is 0 Å². The molecule has 4 heterocycles. The fourth-order valence-corrected chi connectivity index (χ4v) is 8.68. The third-order valence-electron chi connectivity index (χ3n) is 11.9. The SMILES string of the molecule is C=C(C)c1ccc(N2CCC(c3ccc(OCCCCCN4CCN(c5cc6c(c(OC)c5)C(=O)N(C5CCC(=O)NC5=O)C6)CC4)cc3)CC2)cc1C(F)(F)F. The van der Waals surface area contributed by atoms with Crippen LogP contribution in [-0.2, 0) is 22.3 Å². The van der Waals surface area contributed by atoms with E-state index in [1.165, 1.54) is 11.6 Å². The number of alkyl halides is 3. The third kappa shape index (κ3) is 9.08. The lowest BCUT2D eigenvalue weighted by atomic mass is 9.89. The van der Waals surface area contributed by atoms with Crippen molar-refractivity contribution in [3.05, 3.63) is 89.0 Å². The molecule has 304 valence electrons. The summed E-state index contributed by atoms with van der Waals surface area (Å²) < 4.78 is 52.9. The maximum atomic E-state index is 13.7. The number of methoxy groups -OCH3 is 1. The molecule has 7 rings (SSSR count). The van der Waals surface area contributed by atoms with E-state index in [-0.39, 0.29) is 23.8 Å². The second-order valence-electron chi connectivity index (χ2n) is 15.7. The predicted octanol–water partition coefficient (Wildman–Crippen LogP) is 7.26. The van der Waals surface area contributed by atoms with Crippen molar-refractivity contribution in [3.63, 3.8) is 0 Å². The van der Waals surface area contributed by atoms with Crippen molar-refractivity contribution in [1.82, 2.24) is 15.1 Å². The minimum absolute atomic E-state index is 0.149. The number of imide groups is 1. The molecule has 3 amide bonds. The molecule has 0 aliphatic carbocycles. The van der Waals surface area contributed by atoms with Gasteiger partial charge < -0.3 is 24.2 Å². The molecule has 1 N–H and O–H groups in total. The highest BCUT2D eigenvalue weighted by molar-refractivity contribution is 6.06. The van der Waals surface area contributed by atoms with E-state index in [1.54, 1.807) is 31.1 Å². The molecule has 0 spiro atoms. The zero-order chi connectivity index (χ0) is 40.3. The lowest BCUT2D eigenvalue weighted by molar-refractivity contribution is -0.138. The van der Waals surface area contributed by atoms with E-state index < -0.39 is 23.7 Å². The molecule has 0 aromatic heterocycles. The van der Waals surface area contributed by atoms with Crippen molar-refractivity contribution in [2.75, 3.05) is 69.3 Å². The summed E-state index contributed by atoms with van der Waals surface area (Å²) in [5.41, 5.74) is 4.11. The van der Waals surface area contributed by atoms with Crippen LogP contribution in [0.15, 0.2) is 61.2 Å². The second-order valence-corrected chi connectivity index (χ2v) is 15.7. The van der Waals surface area contributed by atoms with Crippen LogP contribution in [0.4, 0.5) is 24.5 Å². The number of carbonyl (C=O) groups excluding carboxylic acids is 3. The summed E-state index contributed by atoms with van der Waals surface area (Å²) in [5, 5.41) is 2.36. The molecule has 4 aliphatic heterocycles. The fourth-order valence-electron chi connectivity index (χ4n) is 8.68. The number of hydrogen-bond acceptors (Lipinski definition) is 8. The number of nitrogens with one attached hydrogen (secondary N) is 1. The Morgan fingerprint density at radius 2 is 1.58 bits per heavy atom. The molecule has 13 heteroatoms. The summed E-state index contributed by atoms with van der Waals surface area (Å²) in [6.07, 6.45) is 0.975. The molecule has 57 heavy (non-hydrogen) atoms. The van der Waals surface area contributed by atoms with E-state index in [4.69, 9.17) is 9.47 Å². The Morgan fingerprint density at radius 3 is 2.25 bits per heavy atom. The molecule has 3 saturated heterocycles. The van der Waals surface area contributed by atoms with Gasteiger partial charge in [-0.15, -0.1) is 0 Å². The minimum Gasteiger partial charge on any atom is -0.496 e. The molecule has 3 aromatic rings. The quantitative estimate of drug-likeness (QED) is 0.143. The molecule has 3 fully saturated rings. The van der Waals surface area contributed by atoms with Crippen molar-refractivity contribution in [2.24, 2.45) is 0 Å². The summed E-state index contributed by atoms with van der Waals surface area (Å²) in [6, 6.07) is 16.2. The number of carbonyl (C=O) groups is 3. The fraction of sp³-hybridized carbons (Fsp3) is 0.477. The number of piperazine rings is 1. The largest absolute Gasteiger partial charge is 0.496 e. The van der Waals surface area contributed by atoms with Gasteiger partial charge in [-0.3, -0.25) is 24.6 Å². The molecule has 0 saturated carbocycles. The average molecular weight is 788 g/mol. The molecule has 3 aromatic carbocycles. The van der Waals surface area contributed by atoms with Gasteiger partial charge in [0.25, 0.3) is 5.91 Å². The Bertz CT molecular complexity index is 1970. The highest BCUT2D eigenvalue weighted by Crippen LogP contribution is 2.40. The summed E-state index contributed by atoms with van der Waals surface area (Å²) >= 11 is 0. The van der Waals surface area contributed by atoms with E-state index in [0.717, 1.165) is 81.8 Å². The Hall–Kier alpha value is -5.04. The number of hydrogen-bond donors (Lipinski definition) is 1. The highest BCUT2D eigenvalue weighted by Gasteiger charge is 2.41. The minimum atomic E-state index is -4.42. The van der Waals surface area contributed by atoms with Crippen LogP contribution in [0, 0.1) is 0 Å². The summed E-state index contributed by atoms with van der Waals surface area (Å²) in [6.45, 7) is 12.3. The zero-order valence-electron chi connectivity index (χ0n) is 32.8. The third-order valence-corrected chi connectivity index (χ3v) is 11.9. The first-order chi connectivity index (χ1) is 27.4. The Morgan fingerprint density at radius 1 is 0.860 bits per heavy atom. The molecule has 0 bridgehead atoms. The standard InChI is InChI=1S/C44H52F3N5O5/c1-29(2)36-12-9-33(26-37(36)44(45,46)47)50-18-15-31(16-19-50)30-7-10-35(11-8-30)57-24-6-4-5-17-49-20-22-51(23-21-49)34-25-32-28-52(38-13-14-40(53)48-42(38)54)43(55)41(32)39(27-34)56-3/h7-12,25-27,31,38H,1,4-6,13-24,28H2,2-3H3,(H,48,53,54). The van der Waals surface area contributed by atoms with Crippen LogP contribution in [0.5, 0.6) is 11.5 Å². The first-order valence-corrected chi connectivity index (χ1v) is 20.1. The van der Waals surface area contributed by atoms with Gasteiger partial charge in [0.05, 0.1) is 24.8 Å². The summed E-state index contributed by atoms with van der Waals surface area (Å²) in [7, 11) is 1.56. The summed E-state index contributed by atoms with van der Waals surface area (Å²) in [4.78, 5) is 45.9. The summed E-state index contributed by atoms with van der Waals surface area (Å²) in [5.74, 6) is 0.751. The van der Waals surface area contributed by atoms with Gasteiger partial charge in [-0.1, -0.05) is 30.4 Å².